The molecule has 2 amide bonds. The maximum Gasteiger partial charge on any atom is 0.325 e. The molecule has 4 heterocycles. The molecular formula is C32H27N3O5. The fourth-order valence-corrected chi connectivity index (χ4v) is 6.55. The number of carbonyl (C=O) groups excluding carboxylic acids is 2. The molecule has 0 spiro atoms. The number of rotatable bonds is 6. The minimum atomic E-state index is -1.75. The molecule has 0 aliphatic carbocycles. The van der Waals surface area contributed by atoms with E-state index in [1.54, 1.807) is 18.3 Å². The van der Waals surface area contributed by atoms with Crippen molar-refractivity contribution in [3.05, 3.63) is 102 Å². The Morgan fingerprint density at radius 3 is 2.50 bits per heavy atom. The SMILES string of the molecule is CCc1ccc(N2C(=O)C3C(c4cc5ccccc5o4)NC(Cc4c[nH]c5ccccc45)(C(=O)O)C3C2=O)cc1. The molecule has 200 valence electrons. The molecule has 2 aliphatic rings. The summed E-state index contributed by atoms with van der Waals surface area (Å²) in [6.07, 6.45) is 2.60. The van der Waals surface area contributed by atoms with Gasteiger partial charge in [-0.25, -0.2) is 4.90 Å². The zero-order valence-corrected chi connectivity index (χ0v) is 21.8. The number of benzene rings is 3. The van der Waals surface area contributed by atoms with Crippen LogP contribution in [0.2, 0.25) is 0 Å². The number of hydrogen-bond acceptors (Lipinski definition) is 5. The monoisotopic (exact) mass is 533 g/mol. The van der Waals surface area contributed by atoms with E-state index in [1.807, 2.05) is 73.7 Å². The molecule has 8 heteroatoms. The fraction of sp³-hybridized carbons (Fsp3) is 0.219. The summed E-state index contributed by atoms with van der Waals surface area (Å²) in [6, 6.07) is 23.4. The first-order valence-electron chi connectivity index (χ1n) is 13.4. The minimum absolute atomic E-state index is 0.00583. The average Bonchev–Trinajstić information content (AvgIpc) is 3.72. The molecule has 0 radical (unpaired) electrons. The number of H-pyrrole nitrogens is 1. The van der Waals surface area contributed by atoms with Crippen molar-refractivity contribution in [2.45, 2.75) is 31.3 Å². The van der Waals surface area contributed by atoms with Crippen LogP contribution in [-0.2, 0) is 27.2 Å². The summed E-state index contributed by atoms with van der Waals surface area (Å²) >= 11 is 0. The van der Waals surface area contributed by atoms with E-state index in [4.69, 9.17) is 4.42 Å². The lowest BCUT2D eigenvalue weighted by Gasteiger charge is -2.31. The Labute approximate surface area is 229 Å². The Balaban J connectivity index is 1.38. The molecule has 4 unspecified atom stereocenters. The standard InChI is InChI=1S/C32H27N3O5/c1-2-18-11-13-21(14-12-18)35-29(36)26-27(30(35)37)32(31(38)39,16-20-17-33-23-9-5-4-8-22(20)23)34-28(26)25-15-19-7-3-6-10-24(19)40-25/h3-15,17,26-28,33-34H,2,16H2,1H3,(H,38,39). The van der Waals surface area contributed by atoms with Gasteiger partial charge in [0.1, 0.15) is 16.9 Å². The van der Waals surface area contributed by atoms with E-state index in [-0.39, 0.29) is 6.42 Å². The predicted molar refractivity (Wildman–Crippen MR) is 150 cm³/mol. The highest BCUT2D eigenvalue weighted by molar-refractivity contribution is 6.24. The van der Waals surface area contributed by atoms with Gasteiger partial charge >= 0.3 is 5.97 Å². The third-order valence-electron chi connectivity index (χ3n) is 8.53. The number of anilines is 1. The average molecular weight is 534 g/mol. The van der Waals surface area contributed by atoms with Crippen molar-refractivity contribution in [3.63, 3.8) is 0 Å². The van der Waals surface area contributed by atoms with E-state index in [0.29, 0.717) is 17.0 Å². The van der Waals surface area contributed by atoms with E-state index in [1.165, 1.54) is 0 Å². The van der Waals surface area contributed by atoms with Crippen molar-refractivity contribution < 1.29 is 23.9 Å². The van der Waals surface area contributed by atoms with Crippen molar-refractivity contribution in [2.24, 2.45) is 11.8 Å². The molecule has 2 saturated heterocycles. The molecule has 2 aromatic heterocycles. The molecular weight excluding hydrogens is 506 g/mol. The number of para-hydroxylation sites is 2. The number of fused-ring (bicyclic) bond motifs is 3. The van der Waals surface area contributed by atoms with Crippen LogP contribution in [0.5, 0.6) is 0 Å². The van der Waals surface area contributed by atoms with Gasteiger partial charge in [-0.15, -0.1) is 0 Å². The topological polar surface area (TPSA) is 116 Å². The van der Waals surface area contributed by atoms with Gasteiger partial charge in [0.25, 0.3) is 0 Å². The van der Waals surface area contributed by atoms with Gasteiger partial charge in [0.05, 0.1) is 23.6 Å². The van der Waals surface area contributed by atoms with Crippen LogP contribution in [0.15, 0.2) is 89.5 Å². The summed E-state index contributed by atoms with van der Waals surface area (Å²) in [5, 5.41) is 15.8. The lowest BCUT2D eigenvalue weighted by atomic mass is 9.76. The number of amides is 2. The molecule has 0 bridgehead atoms. The number of hydrogen-bond donors (Lipinski definition) is 3. The number of carboxylic acid groups (broad SMARTS) is 1. The summed E-state index contributed by atoms with van der Waals surface area (Å²) in [4.78, 5) is 45.9. The molecule has 3 aromatic carbocycles. The van der Waals surface area contributed by atoms with Gasteiger partial charge in [-0.1, -0.05) is 55.5 Å². The van der Waals surface area contributed by atoms with Crippen molar-refractivity contribution in [1.82, 2.24) is 10.3 Å². The van der Waals surface area contributed by atoms with Gasteiger partial charge in [-0.05, 0) is 47.9 Å². The molecule has 0 saturated carbocycles. The highest BCUT2D eigenvalue weighted by Crippen LogP contribution is 2.51. The maximum atomic E-state index is 14.2. The number of aromatic amines is 1. The molecule has 3 N–H and O–H groups in total. The summed E-state index contributed by atoms with van der Waals surface area (Å²) in [5.74, 6) is -3.80. The van der Waals surface area contributed by atoms with Crippen LogP contribution in [0.3, 0.4) is 0 Å². The van der Waals surface area contributed by atoms with Gasteiger partial charge < -0.3 is 14.5 Å². The van der Waals surface area contributed by atoms with Gasteiger partial charge in [-0.2, -0.15) is 0 Å². The summed E-state index contributed by atoms with van der Waals surface area (Å²) in [6.45, 7) is 2.03. The Morgan fingerprint density at radius 2 is 1.75 bits per heavy atom. The van der Waals surface area contributed by atoms with E-state index in [2.05, 4.69) is 10.3 Å². The zero-order chi connectivity index (χ0) is 27.6. The highest BCUT2D eigenvalue weighted by atomic mass is 16.4. The minimum Gasteiger partial charge on any atom is -0.480 e. The zero-order valence-electron chi connectivity index (χ0n) is 21.8. The lowest BCUT2D eigenvalue weighted by molar-refractivity contribution is -0.148. The number of nitrogens with one attached hydrogen (secondary N) is 2. The number of carbonyl (C=O) groups is 3. The van der Waals surface area contributed by atoms with E-state index in [9.17, 15) is 19.5 Å². The van der Waals surface area contributed by atoms with Crippen molar-refractivity contribution in [2.75, 3.05) is 4.90 Å². The quantitative estimate of drug-likeness (QED) is 0.265. The summed E-state index contributed by atoms with van der Waals surface area (Å²) < 4.78 is 6.15. The van der Waals surface area contributed by atoms with Crippen molar-refractivity contribution in [1.29, 1.82) is 0 Å². The number of nitrogens with zero attached hydrogens (tertiary/aromatic N) is 1. The second kappa shape index (κ2) is 8.93. The molecule has 5 aromatic rings. The first-order chi connectivity index (χ1) is 19.4. The van der Waals surface area contributed by atoms with E-state index < -0.39 is 41.2 Å². The fourth-order valence-electron chi connectivity index (χ4n) is 6.55. The molecule has 40 heavy (non-hydrogen) atoms. The van der Waals surface area contributed by atoms with Crippen LogP contribution in [0.1, 0.15) is 29.9 Å². The lowest BCUT2D eigenvalue weighted by Crippen LogP contribution is -2.57. The molecule has 2 aliphatic heterocycles. The molecule has 4 atom stereocenters. The Morgan fingerprint density at radius 1 is 1.00 bits per heavy atom. The van der Waals surface area contributed by atoms with Crippen LogP contribution >= 0.6 is 0 Å². The smallest absolute Gasteiger partial charge is 0.325 e. The van der Waals surface area contributed by atoms with Gasteiger partial charge in [0, 0.05) is 28.9 Å². The number of aliphatic carboxylic acids is 1. The third-order valence-corrected chi connectivity index (χ3v) is 8.53. The number of aryl methyl sites for hydroxylation is 1. The second-order valence-electron chi connectivity index (χ2n) is 10.7. The summed E-state index contributed by atoms with van der Waals surface area (Å²) in [5.41, 5.74) is 2.02. The maximum absolute atomic E-state index is 14.2. The van der Waals surface area contributed by atoms with Crippen LogP contribution in [0.4, 0.5) is 5.69 Å². The third kappa shape index (κ3) is 3.46. The Hall–Kier alpha value is -4.69. The first kappa shape index (κ1) is 24.4. The number of carboxylic acids is 1. The van der Waals surface area contributed by atoms with Crippen LogP contribution in [0.25, 0.3) is 21.9 Å². The predicted octanol–water partition coefficient (Wildman–Crippen LogP) is 4.99. The first-order valence-corrected chi connectivity index (χ1v) is 13.4. The Kier molecular flexibility index (Phi) is 5.43. The van der Waals surface area contributed by atoms with Gasteiger partial charge in [0.15, 0.2) is 0 Å². The largest absolute Gasteiger partial charge is 0.480 e. The molecule has 2 fully saturated rings. The van der Waals surface area contributed by atoms with Crippen molar-refractivity contribution >= 4 is 45.3 Å². The van der Waals surface area contributed by atoms with Gasteiger partial charge in [0.2, 0.25) is 11.8 Å². The Bertz CT molecular complexity index is 1770. The highest BCUT2D eigenvalue weighted by Gasteiger charge is 2.69. The molecule has 7 rings (SSSR count). The summed E-state index contributed by atoms with van der Waals surface area (Å²) in [7, 11) is 0. The molecule has 8 nitrogen and oxygen atoms in total. The second-order valence-corrected chi connectivity index (χ2v) is 10.7. The van der Waals surface area contributed by atoms with Crippen LogP contribution in [-0.4, -0.2) is 33.4 Å². The van der Waals surface area contributed by atoms with Gasteiger partial charge in [-0.3, -0.25) is 19.7 Å². The number of aromatic nitrogens is 1. The van der Waals surface area contributed by atoms with Crippen molar-refractivity contribution in [3.8, 4) is 0 Å². The van der Waals surface area contributed by atoms with Crippen LogP contribution < -0.4 is 10.2 Å². The number of imide groups is 1. The van der Waals surface area contributed by atoms with E-state index >= 15 is 0 Å². The van der Waals surface area contributed by atoms with E-state index in [0.717, 1.165) is 38.7 Å². The normalized spacial score (nSPS) is 24.3. The van der Waals surface area contributed by atoms with Crippen LogP contribution in [0, 0.1) is 11.8 Å². The number of furan rings is 1.